The average molecular weight is 293 g/mol. The summed E-state index contributed by atoms with van der Waals surface area (Å²) in [5, 5.41) is 0. The molecule has 20 heavy (non-hydrogen) atoms. The van der Waals surface area contributed by atoms with E-state index >= 15 is 0 Å². The zero-order valence-electron chi connectivity index (χ0n) is 11.8. The molecule has 2 aromatic heterocycles. The largest absolute Gasteiger partial charge is 0.303 e. The summed E-state index contributed by atoms with van der Waals surface area (Å²) in [7, 11) is -3.40. The van der Waals surface area contributed by atoms with Gasteiger partial charge in [0.05, 0.1) is 16.6 Å². The van der Waals surface area contributed by atoms with Crippen molar-refractivity contribution < 1.29 is 8.42 Å². The number of nitrogens with zero attached hydrogens (tertiary/aromatic N) is 3. The van der Waals surface area contributed by atoms with Gasteiger partial charge in [0.1, 0.15) is 5.82 Å². The highest BCUT2D eigenvalue weighted by Crippen LogP contribution is 2.39. The lowest BCUT2D eigenvalue weighted by atomic mass is 10.4. The van der Waals surface area contributed by atoms with Crippen molar-refractivity contribution in [2.45, 2.75) is 37.5 Å². The number of imidazole rings is 1. The first kappa shape index (κ1) is 13.6. The Morgan fingerprint density at radius 2 is 2.05 bits per heavy atom. The third-order valence-corrected chi connectivity index (χ3v) is 5.86. The van der Waals surface area contributed by atoms with Crippen molar-refractivity contribution in [1.29, 1.82) is 0 Å². The lowest BCUT2D eigenvalue weighted by Gasteiger charge is -2.18. The zero-order valence-corrected chi connectivity index (χ0v) is 12.6. The molecule has 0 atom stereocenters. The number of pyridine rings is 1. The highest BCUT2D eigenvalue weighted by atomic mass is 32.2. The van der Waals surface area contributed by atoms with Crippen molar-refractivity contribution >= 4 is 15.5 Å². The molecule has 2 aromatic rings. The van der Waals surface area contributed by atoms with Gasteiger partial charge in [-0.1, -0.05) is 13.8 Å². The van der Waals surface area contributed by atoms with Crippen LogP contribution in [0.2, 0.25) is 0 Å². The second kappa shape index (κ2) is 4.86. The summed E-state index contributed by atoms with van der Waals surface area (Å²) in [6.45, 7) is 4.67. The fraction of sp³-hybridized carbons (Fsp3) is 0.500. The van der Waals surface area contributed by atoms with Gasteiger partial charge < -0.3 is 4.40 Å². The molecule has 1 fully saturated rings. The Morgan fingerprint density at radius 3 is 2.65 bits per heavy atom. The molecule has 0 bridgehead atoms. The summed E-state index contributed by atoms with van der Waals surface area (Å²) >= 11 is 0. The predicted molar refractivity (Wildman–Crippen MR) is 77.3 cm³/mol. The number of fused-ring (bicyclic) bond motifs is 1. The van der Waals surface area contributed by atoms with Crippen LogP contribution in [-0.4, -0.2) is 35.2 Å². The van der Waals surface area contributed by atoms with Crippen LogP contribution < -0.4 is 0 Å². The summed E-state index contributed by atoms with van der Waals surface area (Å²) in [5.74, 6) is 1.59. The first-order chi connectivity index (χ1) is 9.57. The highest BCUT2D eigenvalue weighted by Gasteiger charge is 2.28. The van der Waals surface area contributed by atoms with E-state index in [0.29, 0.717) is 23.9 Å². The van der Waals surface area contributed by atoms with Gasteiger partial charge in [0.15, 0.2) is 0 Å². The minimum Gasteiger partial charge on any atom is -0.303 e. The minimum atomic E-state index is -3.40. The van der Waals surface area contributed by atoms with Crippen LogP contribution >= 0.6 is 0 Å². The van der Waals surface area contributed by atoms with E-state index in [2.05, 4.69) is 4.98 Å². The molecule has 0 amide bonds. The highest BCUT2D eigenvalue weighted by molar-refractivity contribution is 7.89. The molecule has 0 radical (unpaired) electrons. The Balaban J connectivity index is 2.05. The molecule has 0 aliphatic heterocycles. The predicted octanol–water partition coefficient (Wildman–Crippen LogP) is 2.24. The molecule has 2 heterocycles. The van der Waals surface area contributed by atoms with E-state index in [1.54, 1.807) is 18.3 Å². The molecule has 1 aliphatic carbocycles. The Bertz CT molecular complexity index is 728. The van der Waals surface area contributed by atoms with Gasteiger partial charge in [-0.15, -0.1) is 0 Å². The molecule has 1 aliphatic rings. The van der Waals surface area contributed by atoms with E-state index in [-0.39, 0.29) is 0 Å². The molecule has 0 spiro atoms. The Kier molecular flexibility index (Phi) is 3.30. The average Bonchev–Trinajstić information content (AvgIpc) is 3.19. The van der Waals surface area contributed by atoms with E-state index in [4.69, 9.17) is 0 Å². The molecule has 108 valence electrons. The monoisotopic (exact) mass is 293 g/mol. The topological polar surface area (TPSA) is 54.7 Å². The van der Waals surface area contributed by atoms with Crippen LogP contribution in [0.5, 0.6) is 0 Å². The molecule has 6 heteroatoms. The van der Waals surface area contributed by atoms with Crippen LogP contribution in [-0.2, 0) is 10.0 Å². The molecule has 0 N–H and O–H groups in total. The smallest absolute Gasteiger partial charge is 0.243 e. The standard InChI is InChI=1S/C14H19N3O2S/c1-3-16(4-2)20(18,19)13-7-8-17-12(9-13)10-15-14(17)11-5-6-11/h7-11H,3-6H2,1-2H3. The second-order valence-corrected chi connectivity index (χ2v) is 7.08. The molecular weight excluding hydrogens is 274 g/mol. The maximum absolute atomic E-state index is 12.5. The zero-order chi connectivity index (χ0) is 14.3. The summed E-state index contributed by atoms with van der Waals surface area (Å²) < 4.78 is 28.4. The minimum absolute atomic E-state index is 0.343. The second-order valence-electron chi connectivity index (χ2n) is 5.14. The molecular formula is C14H19N3O2S. The summed E-state index contributed by atoms with van der Waals surface area (Å²) in [4.78, 5) is 4.76. The van der Waals surface area contributed by atoms with Crippen molar-refractivity contribution in [3.8, 4) is 0 Å². The number of sulfonamides is 1. The third kappa shape index (κ3) is 2.13. The Morgan fingerprint density at radius 1 is 1.35 bits per heavy atom. The van der Waals surface area contributed by atoms with Gasteiger partial charge in [-0.3, -0.25) is 0 Å². The molecule has 0 saturated heterocycles. The number of hydrogen-bond donors (Lipinski definition) is 0. The lowest BCUT2D eigenvalue weighted by molar-refractivity contribution is 0.445. The molecule has 0 aromatic carbocycles. The van der Waals surface area contributed by atoms with Gasteiger partial charge in [0.2, 0.25) is 10.0 Å². The molecule has 1 saturated carbocycles. The maximum Gasteiger partial charge on any atom is 0.243 e. The first-order valence-corrected chi connectivity index (χ1v) is 8.49. The van der Waals surface area contributed by atoms with Gasteiger partial charge in [0, 0.05) is 25.2 Å². The van der Waals surface area contributed by atoms with Crippen LogP contribution in [0.15, 0.2) is 29.4 Å². The molecule has 0 unspecified atom stereocenters. The number of aromatic nitrogens is 2. The summed E-state index contributed by atoms with van der Waals surface area (Å²) in [6, 6.07) is 3.39. The van der Waals surface area contributed by atoms with E-state index < -0.39 is 10.0 Å². The van der Waals surface area contributed by atoms with E-state index in [1.165, 1.54) is 17.1 Å². The third-order valence-electron chi connectivity index (χ3n) is 3.82. The SMILES string of the molecule is CCN(CC)S(=O)(=O)c1ccn2c(C3CC3)ncc2c1. The molecule has 5 nitrogen and oxygen atoms in total. The fourth-order valence-corrected chi connectivity index (χ4v) is 4.00. The summed E-state index contributed by atoms with van der Waals surface area (Å²) in [5.41, 5.74) is 0.847. The van der Waals surface area contributed by atoms with Gasteiger partial charge >= 0.3 is 0 Å². The van der Waals surface area contributed by atoms with Crippen molar-refractivity contribution in [3.63, 3.8) is 0 Å². The molecule has 3 rings (SSSR count). The van der Waals surface area contributed by atoms with E-state index in [0.717, 1.165) is 11.3 Å². The van der Waals surface area contributed by atoms with Crippen LogP contribution in [0, 0.1) is 0 Å². The van der Waals surface area contributed by atoms with Crippen LogP contribution in [0.1, 0.15) is 38.4 Å². The van der Waals surface area contributed by atoms with Gasteiger partial charge in [0.25, 0.3) is 0 Å². The number of hydrogen-bond acceptors (Lipinski definition) is 3. The Hall–Kier alpha value is -1.40. The first-order valence-electron chi connectivity index (χ1n) is 7.05. The van der Waals surface area contributed by atoms with Crippen molar-refractivity contribution in [2.75, 3.05) is 13.1 Å². The van der Waals surface area contributed by atoms with Crippen molar-refractivity contribution in [3.05, 3.63) is 30.4 Å². The van der Waals surface area contributed by atoms with Gasteiger partial charge in [-0.25, -0.2) is 13.4 Å². The lowest BCUT2D eigenvalue weighted by Crippen LogP contribution is -2.30. The van der Waals surface area contributed by atoms with Crippen LogP contribution in [0.3, 0.4) is 0 Å². The summed E-state index contributed by atoms with van der Waals surface area (Å²) in [6.07, 6.45) is 5.94. The quantitative estimate of drug-likeness (QED) is 0.849. The van der Waals surface area contributed by atoms with Gasteiger partial charge in [-0.2, -0.15) is 4.31 Å². The van der Waals surface area contributed by atoms with E-state index in [9.17, 15) is 8.42 Å². The maximum atomic E-state index is 12.5. The van der Waals surface area contributed by atoms with Crippen molar-refractivity contribution in [1.82, 2.24) is 13.7 Å². The van der Waals surface area contributed by atoms with Crippen LogP contribution in [0.4, 0.5) is 0 Å². The van der Waals surface area contributed by atoms with Crippen molar-refractivity contribution in [2.24, 2.45) is 0 Å². The van der Waals surface area contributed by atoms with E-state index in [1.807, 2.05) is 24.4 Å². The van der Waals surface area contributed by atoms with Crippen LogP contribution in [0.25, 0.3) is 5.52 Å². The van der Waals surface area contributed by atoms with Gasteiger partial charge in [-0.05, 0) is 25.0 Å². The fourth-order valence-electron chi connectivity index (χ4n) is 2.52. The Labute approximate surface area is 119 Å². The normalized spacial score (nSPS) is 16.1. The number of rotatable bonds is 5.